The number of benzene rings is 2. The number of nitrogens with zero attached hydrogens (tertiary/aromatic N) is 2. The Bertz CT molecular complexity index is 897. The lowest BCUT2D eigenvalue weighted by Gasteiger charge is -2.04. The molecule has 0 saturated heterocycles. The van der Waals surface area contributed by atoms with Crippen molar-refractivity contribution >= 4 is 32.4 Å². The topological polar surface area (TPSA) is 111 Å². The Morgan fingerprint density at radius 2 is 1.00 bits per heavy atom. The van der Waals surface area contributed by atoms with Gasteiger partial charge in [0.15, 0.2) is 11.5 Å². The van der Waals surface area contributed by atoms with Gasteiger partial charge in [0.05, 0.1) is 0 Å². The first-order valence-corrected chi connectivity index (χ1v) is 8.64. The second-order valence-corrected chi connectivity index (χ2v) is 5.99. The molecule has 0 bridgehead atoms. The van der Waals surface area contributed by atoms with Crippen LogP contribution < -0.4 is 8.37 Å². The highest BCUT2D eigenvalue weighted by Gasteiger charge is 2.15. The first-order valence-electron chi connectivity index (χ1n) is 6.02. The maximum Gasteiger partial charge on any atom is 0.488 e. The van der Waals surface area contributed by atoms with Crippen LogP contribution in [0, 0.1) is 0 Å². The number of hydrogen-bond donors (Lipinski definition) is 0. The summed E-state index contributed by atoms with van der Waals surface area (Å²) in [6.07, 6.45) is 0. The van der Waals surface area contributed by atoms with Crippen LogP contribution in [0.15, 0.2) is 58.8 Å². The minimum Gasteiger partial charge on any atom is -0.356 e. The van der Waals surface area contributed by atoms with Crippen LogP contribution >= 0.6 is 0 Å². The zero-order valence-electron chi connectivity index (χ0n) is 11.5. The van der Waals surface area contributed by atoms with E-state index in [9.17, 15) is 24.6 Å². The summed E-state index contributed by atoms with van der Waals surface area (Å²) in [5.41, 5.74) is -0.340. The minimum atomic E-state index is -5.27. The molecule has 0 spiro atoms. The Labute approximate surface area is 136 Å². The van der Waals surface area contributed by atoms with Gasteiger partial charge in [0, 0.05) is 0 Å². The van der Waals surface area contributed by atoms with E-state index in [0.29, 0.717) is 0 Å². The van der Waals surface area contributed by atoms with E-state index < -0.39 is 32.5 Å². The highest BCUT2D eigenvalue weighted by Crippen LogP contribution is 2.33. The van der Waals surface area contributed by atoms with E-state index in [1.165, 1.54) is 36.4 Å². The Morgan fingerprint density at radius 3 is 1.33 bits per heavy atom. The maximum absolute atomic E-state index is 12.6. The van der Waals surface area contributed by atoms with Crippen molar-refractivity contribution in [3.8, 4) is 11.5 Å². The molecule has 12 heteroatoms. The van der Waals surface area contributed by atoms with Crippen LogP contribution in [0.4, 0.5) is 19.1 Å². The van der Waals surface area contributed by atoms with Gasteiger partial charge in [0.25, 0.3) is 0 Å². The lowest BCUT2D eigenvalue weighted by atomic mass is 10.3. The van der Waals surface area contributed by atoms with Gasteiger partial charge in [-0.05, 0) is 24.3 Å². The molecular formula is C12H8F2N2O6S2. The molecule has 2 aromatic carbocycles. The van der Waals surface area contributed by atoms with Crippen LogP contribution in [0.25, 0.3) is 0 Å². The number of para-hydroxylation sites is 2. The highest BCUT2D eigenvalue weighted by atomic mass is 32.3. The molecule has 2 aromatic rings. The second-order valence-electron chi connectivity index (χ2n) is 4.09. The third-order valence-corrected chi connectivity index (χ3v) is 3.13. The zero-order valence-corrected chi connectivity index (χ0v) is 13.2. The second kappa shape index (κ2) is 6.88. The molecule has 0 amide bonds. The summed E-state index contributed by atoms with van der Waals surface area (Å²) in [4.78, 5) is 0. The monoisotopic (exact) mass is 378 g/mol. The van der Waals surface area contributed by atoms with E-state index >= 15 is 0 Å². The quantitative estimate of drug-likeness (QED) is 0.563. The van der Waals surface area contributed by atoms with Gasteiger partial charge in [-0.1, -0.05) is 32.0 Å². The van der Waals surface area contributed by atoms with Crippen LogP contribution in [-0.2, 0) is 21.0 Å². The molecule has 24 heavy (non-hydrogen) atoms. The predicted molar refractivity (Wildman–Crippen MR) is 78.4 cm³/mol. The molecule has 8 nitrogen and oxygen atoms in total. The molecule has 0 radical (unpaired) electrons. The van der Waals surface area contributed by atoms with Crippen molar-refractivity contribution in [3.63, 3.8) is 0 Å². The van der Waals surface area contributed by atoms with E-state index in [1.54, 1.807) is 0 Å². The molecule has 2 rings (SSSR count). The molecule has 0 aromatic heterocycles. The van der Waals surface area contributed by atoms with Gasteiger partial charge in [0.2, 0.25) is 0 Å². The third kappa shape index (κ3) is 5.55. The maximum atomic E-state index is 12.6. The summed E-state index contributed by atoms with van der Waals surface area (Å²) < 4.78 is 75.6. The minimum absolute atomic E-state index is 0.170. The molecule has 0 unspecified atom stereocenters. The van der Waals surface area contributed by atoms with Crippen LogP contribution in [0.2, 0.25) is 0 Å². The molecule has 0 aliphatic rings. The van der Waals surface area contributed by atoms with E-state index in [4.69, 9.17) is 0 Å². The summed E-state index contributed by atoms with van der Waals surface area (Å²) in [7, 11) is -10.5. The summed E-state index contributed by atoms with van der Waals surface area (Å²) >= 11 is 0. The van der Waals surface area contributed by atoms with Gasteiger partial charge in [-0.25, -0.2) is 0 Å². The van der Waals surface area contributed by atoms with Crippen molar-refractivity contribution in [2.75, 3.05) is 0 Å². The first-order chi connectivity index (χ1) is 11.1. The summed E-state index contributed by atoms with van der Waals surface area (Å²) in [5.74, 6) is -0.888. The molecule has 0 fully saturated rings. The van der Waals surface area contributed by atoms with Crippen molar-refractivity contribution in [2.45, 2.75) is 0 Å². The molecular weight excluding hydrogens is 370 g/mol. The fourth-order valence-corrected chi connectivity index (χ4v) is 2.25. The van der Waals surface area contributed by atoms with Crippen LogP contribution in [0.1, 0.15) is 0 Å². The van der Waals surface area contributed by atoms with Gasteiger partial charge in [-0.2, -0.15) is 16.8 Å². The third-order valence-electron chi connectivity index (χ3n) is 2.37. The normalized spacial score (nSPS) is 12.2. The molecule has 0 N–H and O–H groups in total. The van der Waals surface area contributed by atoms with Crippen molar-refractivity contribution in [2.24, 2.45) is 10.2 Å². The molecule has 0 aliphatic carbocycles. The van der Waals surface area contributed by atoms with Crippen molar-refractivity contribution < 1.29 is 33.0 Å². The average molecular weight is 378 g/mol. The first kappa shape index (κ1) is 17.7. The number of hydrogen-bond acceptors (Lipinski definition) is 8. The molecule has 0 heterocycles. The largest absolute Gasteiger partial charge is 0.488 e. The molecule has 128 valence electrons. The van der Waals surface area contributed by atoms with E-state index in [0.717, 1.165) is 12.1 Å². The SMILES string of the molecule is O=S(=O)(F)Oc1ccccc1N=Nc1ccccc1OS(=O)(=O)F. The molecule has 0 saturated carbocycles. The van der Waals surface area contributed by atoms with Crippen LogP contribution in [-0.4, -0.2) is 16.8 Å². The standard InChI is InChI=1S/C12H8F2N2O6S2/c13-23(17,18)21-11-7-3-1-5-9(11)15-16-10-6-2-4-8-12(10)22-24(14,19)20/h1-8H. The Kier molecular flexibility index (Phi) is 5.09. The summed E-state index contributed by atoms with van der Waals surface area (Å²) in [5, 5.41) is 7.25. The molecule has 0 atom stereocenters. The van der Waals surface area contributed by atoms with Gasteiger partial charge in [0.1, 0.15) is 11.4 Å². The fourth-order valence-electron chi connectivity index (χ4n) is 1.54. The zero-order chi connectivity index (χ0) is 17.8. The average Bonchev–Trinajstić information content (AvgIpc) is 2.44. The summed E-state index contributed by atoms with van der Waals surface area (Å²) in [6.45, 7) is 0. The van der Waals surface area contributed by atoms with Gasteiger partial charge in [-0.15, -0.1) is 10.2 Å². The molecule has 0 aliphatic heterocycles. The Balaban J connectivity index is 2.36. The van der Waals surface area contributed by atoms with Crippen LogP contribution in [0.5, 0.6) is 11.5 Å². The van der Waals surface area contributed by atoms with Gasteiger partial charge < -0.3 is 8.37 Å². The smallest absolute Gasteiger partial charge is 0.356 e. The lowest BCUT2D eigenvalue weighted by Crippen LogP contribution is -2.01. The number of halogens is 2. The fraction of sp³-hybridized carbons (Fsp3) is 0. The van der Waals surface area contributed by atoms with E-state index in [2.05, 4.69) is 18.6 Å². The van der Waals surface area contributed by atoms with E-state index in [-0.39, 0.29) is 11.4 Å². The predicted octanol–water partition coefficient (Wildman–Crippen LogP) is 3.29. The van der Waals surface area contributed by atoms with Gasteiger partial charge in [-0.3, -0.25) is 0 Å². The number of rotatable bonds is 6. The van der Waals surface area contributed by atoms with Crippen LogP contribution in [0.3, 0.4) is 0 Å². The Hall–Kier alpha value is -2.60. The van der Waals surface area contributed by atoms with Crippen molar-refractivity contribution in [1.29, 1.82) is 0 Å². The summed E-state index contributed by atoms with van der Waals surface area (Å²) in [6, 6.07) is 10.4. The number of azo groups is 1. The highest BCUT2D eigenvalue weighted by molar-refractivity contribution is 7.82. The lowest BCUT2D eigenvalue weighted by molar-refractivity contribution is 0.437. The van der Waals surface area contributed by atoms with Gasteiger partial charge >= 0.3 is 21.0 Å². The van der Waals surface area contributed by atoms with E-state index in [1.807, 2.05) is 0 Å². The van der Waals surface area contributed by atoms with Crippen molar-refractivity contribution in [1.82, 2.24) is 0 Å². The van der Waals surface area contributed by atoms with Crippen molar-refractivity contribution in [3.05, 3.63) is 48.5 Å². The Morgan fingerprint density at radius 1 is 0.667 bits per heavy atom.